The summed E-state index contributed by atoms with van der Waals surface area (Å²) in [5.74, 6) is 0.864. The maximum absolute atomic E-state index is 12.5. The van der Waals surface area contributed by atoms with Crippen LogP contribution in [0, 0.1) is 0 Å². The Labute approximate surface area is 180 Å². The highest BCUT2D eigenvalue weighted by Crippen LogP contribution is 2.29. The van der Waals surface area contributed by atoms with E-state index >= 15 is 0 Å². The lowest BCUT2D eigenvalue weighted by atomic mass is 10.2. The number of rotatable bonds is 8. The summed E-state index contributed by atoms with van der Waals surface area (Å²) in [4.78, 5) is 33.5. The van der Waals surface area contributed by atoms with Gasteiger partial charge in [-0.2, -0.15) is 0 Å². The van der Waals surface area contributed by atoms with Crippen LogP contribution in [-0.4, -0.2) is 78.0 Å². The molecule has 2 heterocycles. The van der Waals surface area contributed by atoms with Crippen molar-refractivity contribution >= 4 is 38.5 Å². The van der Waals surface area contributed by atoms with E-state index in [1.165, 1.54) is 11.3 Å². The maximum Gasteiger partial charge on any atom is 0.240 e. The molecule has 2 aromatic rings. The highest BCUT2D eigenvalue weighted by Gasteiger charge is 2.30. The van der Waals surface area contributed by atoms with Gasteiger partial charge in [0.2, 0.25) is 11.8 Å². The first-order valence-corrected chi connectivity index (χ1v) is 11.4. The number of fused-ring (bicyclic) bond motifs is 1. The molecule has 2 fully saturated rings. The summed E-state index contributed by atoms with van der Waals surface area (Å²) in [7, 11) is 0. The minimum absolute atomic E-state index is 0.0629. The smallest absolute Gasteiger partial charge is 0.240 e. The number of piperazine rings is 1. The molecule has 2 aliphatic rings. The summed E-state index contributed by atoms with van der Waals surface area (Å²) in [6, 6.07) is 6.02. The second-order valence-corrected chi connectivity index (χ2v) is 8.93. The quantitative estimate of drug-likeness (QED) is 0.664. The zero-order valence-electron chi connectivity index (χ0n) is 17.5. The van der Waals surface area contributed by atoms with Gasteiger partial charge in [-0.25, -0.2) is 4.98 Å². The normalized spacial score (nSPS) is 18.9. The fraction of sp³-hybridized carbons (Fsp3) is 0.571. The third-order valence-corrected chi connectivity index (χ3v) is 6.48. The fourth-order valence-corrected chi connectivity index (χ4v) is 4.51. The molecule has 1 aromatic heterocycles. The highest BCUT2D eigenvalue weighted by atomic mass is 32.1. The molecule has 1 aliphatic carbocycles. The minimum Gasteiger partial charge on any atom is -0.494 e. The van der Waals surface area contributed by atoms with E-state index in [1.54, 1.807) is 0 Å². The average molecular weight is 432 g/mol. The summed E-state index contributed by atoms with van der Waals surface area (Å²) >= 11 is 1.45. The predicted octanol–water partition coefficient (Wildman–Crippen LogP) is 1.92. The second-order valence-electron chi connectivity index (χ2n) is 7.90. The number of nitrogens with one attached hydrogen (secondary N) is 2. The summed E-state index contributed by atoms with van der Waals surface area (Å²) in [5.41, 5.74) is 0.853. The molecule has 162 valence electrons. The van der Waals surface area contributed by atoms with E-state index in [4.69, 9.17) is 4.74 Å². The van der Waals surface area contributed by atoms with E-state index in [9.17, 15) is 9.59 Å². The van der Waals surface area contributed by atoms with Gasteiger partial charge in [0, 0.05) is 32.2 Å². The van der Waals surface area contributed by atoms with Crippen molar-refractivity contribution in [1.82, 2.24) is 20.1 Å². The molecule has 1 saturated carbocycles. The maximum atomic E-state index is 12.5. The standard InChI is InChI=1S/C21H29N5O3S/c1-3-29-16-6-7-17-18(12-16)30-21(23-17)24-19(27)13-25-8-10-26(11-9-25)14(2)20(28)22-15-4-5-15/h6-7,12,14-15H,3-5,8-11,13H2,1-2H3,(H,22,28)(H,23,24,27). The van der Waals surface area contributed by atoms with E-state index < -0.39 is 0 Å². The zero-order chi connectivity index (χ0) is 21.1. The minimum atomic E-state index is -0.120. The van der Waals surface area contributed by atoms with Gasteiger partial charge in [0.05, 0.1) is 29.4 Å². The third kappa shape index (κ3) is 5.27. The van der Waals surface area contributed by atoms with Gasteiger partial charge >= 0.3 is 0 Å². The third-order valence-electron chi connectivity index (χ3n) is 5.54. The number of thiazole rings is 1. The number of amides is 2. The van der Waals surface area contributed by atoms with Gasteiger partial charge < -0.3 is 15.4 Å². The monoisotopic (exact) mass is 431 g/mol. The number of anilines is 1. The Kier molecular flexibility index (Phi) is 6.50. The highest BCUT2D eigenvalue weighted by molar-refractivity contribution is 7.22. The summed E-state index contributed by atoms with van der Waals surface area (Å²) < 4.78 is 6.51. The number of carbonyl (C=O) groups is 2. The van der Waals surface area contributed by atoms with Gasteiger partial charge in [0.25, 0.3) is 0 Å². The van der Waals surface area contributed by atoms with Crippen molar-refractivity contribution in [2.24, 2.45) is 0 Å². The molecule has 30 heavy (non-hydrogen) atoms. The van der Waals surface area contributed by atoms with Crippen LogP contribution in [0.25, 0.3) is 10.2 Å². The van der Waals surface area contributed by atoms with E-state index in [0.717, 1.165) is 55.0 Å². The van der Waals surface area contributed by atoms with Gasteiger partial charge in [-0.15, -0.1) is 0 Å². The van der Waals surface area contributed by atoms with Crippen LogP contribution in [0.5, 0.6) is 5.75 Å². The van der Waals surface area contributed by atoms with Gasteiger partial charge in [0.15, 0.2) is 5.13 Å². The number of benzene rings is 1. The first-order valence-electron chi connectivity index (χ1n) is 10.6. The Morgan fingerprint density at radius 3 is 2.73 bits per heavy atom. The Morgan fingerprint density at radius 2 is 2.03 bits per heavy atom. The first kappa shape index (κ1) is 21.0. The van der Waals surface area contributed by atoms with Crippen molar-refractivity contribution in [3.05, 3.63) is 18.2 Å². The van der Waals surface area contributed by atoms with Crippen molar-refractivity contribution in [1.29, 1.82) is 0 Å². The van der Waals surface area contributed by atoms with E-state index in [0.29, 0.717) is 24.3 Å². The van der Waals surface area contributed by atoms with Crippen molar-refractivity contribution < 1.29 is 14.3 Å². The predicted molar refractivity (Wildman–Crippen MR) is 118 cm³/mol. The van der Waals surface area contributed by atoms with E-state index in [-0.39, 0.29) is 17.9 Å². The molecule has 0 radical (unpaired) electrons. The lowest BCUT2D eigenvalue weighted by molar-refractivity contribution is -0.127. The van der Waals surface area contributed by atoms with Crippen LogP contribution in [0.2, 0.25) is 0 Å². The van der Waals surface area contributed by atoms with Gasteiger partial charge in [0.1, 0.15) is 5.75 Å². The molecule has 1 saturated heterocycles. The van der Waals surface area contributed by atoms with Crippen molar-refractivity contribution in [3.8, 4) is 5.75 Å². The van der Waals surface area contributed by atoms with Gasteiger partial charge in [-0.05, 0) is 44.9 Å². The van der Waals surface area contributed by atoms with Crippen LogP contribution in [0.4, 0.5) is 5.13 Å². The molecule has 1 aliphatic heterocycles. The average Bonchev–Trinajstić information content (AvgIpc) is 3.45. The SMILES string of the molecule is CCOc1ccc2nc(NC(=O)CN3CCN(C(C)C(=O)NC4CC4)CC3)sc2c1. The zero-order valence-corrected chi connectivity index (χ0v) is 18.3. The molecule has 2 amide bonds. The largest absolute Gasteiger partial charge is 0.494 e. The molecular formula is C21H29N5O3S. The molecule has 9 heteroatoms. The molecule has 1 atom stereocenters. The molecule has 1 unspecified atom stereocenters. The molecule has 0 bridgehead atoms. The summed E-state index contributed by atoms with van der Waals surface area (Å²) in [5, 5.41) is 6.59. The van der Waals surface area contributed by atoms with E-state index in [1.807, 2.05) is 32.0 Å². The number of aromatic nitrogens is 1. The van der Waals surface area contributed by atoms with Crippen LogP contribution >= 0.6 is 11.3 Å². The Bertz CT molecular complexity index is 905. The number of carbonyl (C=O) groups excluding carboxylic acids is 2. The fourth-order valence-electron chi connectivity index (χ4n) is 3.60. The van der Waals surface area contributed by atoms with Crippen LogP contribution in [0.15, 0.2) is 18.2 Å². The van der Waals surface area contributed by atoms with Crippen LogP contribution in [0.1, 0.15) is 26.7 Å². The molecule has 4 rings (SSSR count). The number of ether oxygens (including phenoxy) is 1. The lowest BCUT2D eigenvalue weighted by Crippen LogP contribution is -2.55. The Morgan fingerprint density at radius 1 is 1.27 bits per heavy atom. The first-order chi connectivity index (χ1) is 14.5. The molecule has 8 nitrogen and oxygen atoms in total. The van der Waals surface area contributed by atoms with Crippen molar-refractivity contribution in [3.63, 3.8) is 0 Å². The van der Waals surface area contributed by atoms with Crippen LogP contribution < -0.4 is 15.4 Å². The molecule has 2 N–H and O–H groups in total. The number of hydrogen-bond acceptors (Lipinski definition) is 7. The summed E-state index contributed by atoms with van der Waals surface area (Å²) in [6.07, 6.45) is 2.20. The van der Waals surface area contributed by atoms with Gasteiger partial charge in [-0.1, -0.05) is 11.3 Å². The topological polar surface area (TPSA) is 86.8 Å². The van der Waals surface area contributed by atoms with Crippen molar-refractivity contribution in [2.75, 3.05) is 44.6 Å². The lowest BCUT2D eigenvalue weighted by Gasteiger charge is -2.37. The Hall–Kier alpha value is -2.23. The molecule has 1 aromatic carbocycles. The van der Waals surface area contributed by atoms with Gasteiger partial charge in [-0.3, -0.25) is 19.4 Å². The second kappa shape index (κ2) is 9.28. The van der Waals surface area contributed by atoms with Crippen LogP contribution in [-0.2, 0) is 9.59 Å². The Balaban J connectivity index is 1.24. The molecular weight excluding hydrogens is 402 g/mol. The van der Waals surface area contributed by atoms with Crippen molar-refractivity contribution in [2.45, 2.75) is 38.8 Å². The van der Waals surface area contributed by atoms with E-state index in [2.05, 4.69) is 25.4 Å². The molecule has 0 spiro atoms. The number of hydrogen-bond donors (Lipinski definition) is 2. The summed E-state index contributed by atoms with van der Waals surface area (Å²) in [6.45, 7) is 7.97. The van der Waals surface area contributed by atoms with Crippen LogP contribution in [0.3, 0.4) is 0 Å². The number of nitrogens with zero attached hydrogens (tertiary/aromatic N) is 3.